The molecule has 2 N–H and O–H groups in total. The van der Waals surface area contributed by atoms with Crippen LogP contribution >= 0.6 is 0 Å². The molecule has 13 heavy (non-hydrogen) atoms. The average Bonchev–Trinajstić information content (AvgIpc) is 2.13. The third-order valence-electron chi connectivity index (χ3n) is 1.76. The zero-order valence-corrected chi connectivity index (χ0v) is 8.06. The molecular weight excluding hydrogens is 190 g/mol. The van der Waals surface area contributed by atoms with E-state index in [-0.39, 0.29) is 17.1 Å². The van der Waals surface area contributed by atoms with Gasteiger partial charge in [0.25, 0.3) is 0 Å². The Morgan fingerprint density at radius 3 is 2.92 bits per heavy atom. The van der Waals surface area contributed by atoms with Gasteiger partial charge in [-0.1, -0.05) is 0 Å². The molecule has 4 nitrogen and oxygen atoms in total. The van der Waals surface area contributed by atoms with E-state index in [4.69, 9.17) is 5.11 Å². The van der Waals surface area contributed by atoms with Crippen molar-refractivity contribution in [2.75, 3.05) is 5.94 Å². The summed E-state index contributed by atoms with van der Waals surface area (Å²) >= 11 is 0. The van der Waals surface area contributed by atoms with Gasteiger partial charge in [0.1, 0.15) is 5.94 Å². The van der Waals surface area contributed by atoms with E-state index in [1.54, 1.807) is 6.92 Å². The highest BCUT2D eigenvalue weighted by Crippen LogP contribution is 2.01. The van der Waals surface area contributed by atoms with Gasteiger partial charge in [0.05, 0.1) is 16.6 Å². The molecule has 0 radical (unpaired) electrons. The molecule has 1 rings (SSSR count). The molecule has 0 aromatic carbocycles. The summed E-state index contributed by atoms with van der Waals surface area (Å²) in [6, 6.07) is 1.42. The Balaban J connectivity index is 2.96. The smallest absolute Gasteiger partial charge is 0.184 e. The first-order valence-corrected chi connectivity index (χ1v) is 5.27. The van der Waals surface area contributed by atoms with Crippen molar-refractivity contribution in [2.24, 2.45) is 0 Å². The minimum Gasteiger partial charge on any atom is -0.383 e. The molecule has 0 aliphatic carbocycles. The normalized spacial score (nSPS) is 12.8. The number of pyridine rings is 1. The van der Waals surface area contributed by atoms with Crippen molar-refractivity contribution in [3.8, 4) is 0 Å². The first-order valence-electron chi connectivity index (χ1n) is 3.78. The summed E-state index contributed by atoms with van der Waals surface area (Å²) in [6.45, 7) is 1.67. The Kier molecular flexibility index (Phi) is 3.39. The maximum absolute atomic E-state index is 11.1. The number of nitrogens with one attached hydrogen (secondary N) is 1. The monoisotopic (exact) mass is 201 g/mol. The standard InChI is InChI=1S/C8H11NO3S/c1-6-7(4-13(12)5-10)9-3-2-8(6)11/h2-3,10H,4-5H2,1H3,(H,9,11). The Morgan fingerprint density at radius 2 is 2.31 bits per heavy atom. The first kappa shape index (κ1) is 10.1. The van der Waals surface area contributed by atoms with Crippen LogP contribution in [0.4, 0.5) is 0 Å². The number of H-pyrrole nitrogens is 1. The van der Waals surface area contributed by atoms with Gasteiger partial charge in [0.2, 0.25) is 0 Å². The molecule has 1 aromatic heterocycles. The van der Waals surface area contributed by atoms with Crippen LogP contribution < -0.4 is 5.43 Å². The van der Waals surface area contributed by atoms with E-state index in [0.29, 0.717) is 11.3 Å². The van der Waals surface area contributed by atoms with Crippen molar-refractivity contribution in [1.29, 1.82) is 0 Å². The van der Waals surface area contributed by atoms with Crippen molar-refractivity contribution in [3.63, 3.8) is 0 Å². The zero-order chi connectivity index (χ0) is 9.84. The van der Waals surface area contributed by atoms with Crippen LogP contribution in [0, 0.1) is 6.92 Å². The Hall–Kier alpha value is -0.940. The maximum atomic E-state index is 11.1. The fourth-order valence-corrected chi connectivity index (χ4v) is 1.67. The lowest BCUT2D eigenvalue weighted by atomic mass is 10.2. The van der Waals surface area contributed by atoms with Crippen LogP contribution in [0.25, 0.3) is 0 Å². The lowest BCUT2D eigenvalue weighted by Crippen LogP contribution is -2.11. The Labute approximate surface area is 78.1 Å². The number of hydrogen-bond donors (Lipinski definition) is 2. The third kappa shape index (κ3) is 2.50. The highest BCUT2D eigenvalue weighted by Gasteiger charge is 2.05. The Morgan fingerprint density at radius 1 is 1.62 bits per heavy atom. The molecule has 0 aliphatic heterocycles. The second kappa shape index (κ2) is 4.34. The van der Waals surface area contributed by atoms with Crippen LogP contribution in [0.3, 0.4) is 0 Å². The van der Waals surface area contributed by atoms with Gasteiger partial charge in [0.15, 0.2) is 5.43 Å². The number of aliphatic hydroxyl groups is 1. The molecule has 0 amide bonds. The van der Waals surface area contributed by atoms with Gasteiger partial charge < -0.3 is 10.1 Å². The molecule has 0 bridgehead atoms. The highest BCUT2D eigenvalue weighted by atomic mass is 32.2. The molecule has 1 aromatic rings. The van der Waals surface area contributed by atoms with Crippen LogP contribution in [0.2, 0.25) is 0 Å². The number of aliphatic hydroxyl groups excluding tert-OH is 1. The van der Waals surface area contributed by atoms with E-state index < -0.39 is 10.8 Å². The molecule has 0 saturated heterocycles. The average molecular weight is 201 g/mol. The molecule has 1 heterocycles. The van der Waals surface area contributed by atoms with Crippen LogP contribution in [-0.2, 0) is 16.6 Å². The zero-order valence-electron chi connectivity index (χ0n) is 7.24. The molecule has 0 fully saturated rings. The van der Waals surface area contributed by atoms with Gasteiger partial charge in [-0.25, -0.2) is 0 Å². The van der Waals surface area contributed by atoms with Crippen molar-refractivity contribution in [3.05, 3.63) is 33.7 Å². The summed E-state index contributed by atoms with van der Waals surface area (Å²) in [5.41, 5.74) is 1.10. The predicted octanol–water partition coefficient (Wildman–Crippen LogP) is -0.118. The lowest BCUT2D eigenvalue weighted by molar-refractivity contribution is 0.368. The topological polar surface area (TPSA) is 70.2 Å². The second-order valence-electron chi connectivity index (χ2n) is 2.66. The van der Waals surface area contributed by atoms with Crippen molar-refractivity contribution in [1.82, 2.24) is 4.98 Å². The minimum absolute atomic E-state index is 0.0799. The number of hydrogen-bond acceptors (Lipinski definition) is 3. The molecule has 1 atom stereocenters. The molecule has 0 saturated carbocycles. The summed E-state index contributed by atoms with van der Waals surface area (Å²) in [6.07, 6.45) is 1.51. The van der Waals surface area contributed by atoms with Gasteiger partial charge >= 0.3 is 0 Å². The number of aromatic amines is 1. The van der Waals surface area contributed by atoms with Crippen LogP contribution in [0.15, 0.2) is 17.1 Å². The molecule has 0 spiro atoms. The number of rotatable bonds is 3. The SMILES string of the molecule is Cc1c(CS(=O)CO)[nH]ccc1=O. The highest BCUT2D eigenvalue weighted by molar-refractivity contribution is 7.83. The van der Waals surface area contributed by atoms with E-state index in [1.807, 2.05) is 0 Å². The molecule has 5 heteroatoms. The van der Waals surface area contributed by atoms with Gasteiger partial charge in [0, 0.05) is 23.5 Å². The maximum Gasteiger partial charge on any atom is 0.184 e. The van der Waals surface area contributed by atoms with E-state index >= 15 is 0 Å². The van der Waals surface area contributed by atoms with E-state index in [9.17, 15) is 9.00 Å². The summed E-state index contributed by atoms with van der Waals surface area (Å²) in [4.78, 5) is 14.0. The number of aromatic nitrogens is 1. The molecule has 72 valence electrons. The fraction of sp³-hybridized carbons (Fsp3) is 0.375. The summed E-state index contributed by atoms with van der Waals surface area (Å²) in [5, 5.41) is 8.56. The van der Waals surface area contributed by atoms with Gasteiger partial charge in [-0.15, -0.1) is 0 Å². The van der Waals surface area contributed by atoms with Crippen LogP contribution in [-0.4, -0.2) is 20.2 Å². The molecular formula is C8H11NO3S. The molecule has 0 aliphatic rings. The van der Waals surface area contributed by atoms with Gasteiger partial charge in [-0.05, 0) is 6.92 Å². The predicted molar refractivity (Wildman–Crippen MR) is 50.7 cm³/mol. The quantitative estimate of drug-likeness (QED) is 0.716. The lowest BCUT2D eigenvalue weighted by Gasteiger charge is -2.02. The van der Waals surface area contributed by atoms with E-state index in [2.05, 4.69) is 4.98 Å². The van der Waals surface area contributed by atoms with E-state index in [0.717, 1.165) is 0 Å². The van der Waals surface area contributed by atoms with Crippen LogP contribution in [0.1, 0.15) is 11.3 Å². The van der Waals surface area contributed by atoms with Gasteiger partial charge in [-0.2, -0.15) is 0 Å². The second-order valence-corrected chi connectivity index (χ2v) is 4.09. The van der Waals surface area contributed by atoms with Crippen molar-refractivity contribution < 1.29 is 9.32 Å². The summed E-state index contributed by atoms with van der Waals surface area (Å²) < 4.78 is 11.0. The fourth-order valence-electron chi connectivity index (χ4n) is 0.956. The van der Waals surface area contributed by atoms with Crippen molar-refractivity contribution in [2.45, 2.75) is 12.7 Å². The summed E-state index contributed by atoms with van der Waals surface area (Å²) in [7, 11) is -1.31. The first-order chi connectivity index (χ1) is 6.15. The minimum atomic E-state index is -1.31. The summed E-state index contributed by atoms with van der Waals surface area (Å²) in [5.74, 6) is -0.186. The van der Waals surface area contributed by atoms with Gasteiger partial charge in [-0.3, -0.25) is 9.00 Å². The largest absolute Gasteiger partial charge is 0.383 e. The van der Waals surface area contributed by atoms with Crippen molar-refractivity contribution >= 4 is 10.8 Å². The van der Waals surface area contributed by atoms with Crippen LogP contribution in [0.5, 0.6) is 0 Å². The van der Waals surface area contributed by atoms with E-state index in [1.165, 1.54) is 12.3 Å². The molecule has 1 unspecified atom stereocenters. The Bertz CT molecular complexity index is 372. The third-order valence-corrected chi connectivity index (χ3v) is 2.66.